The highest BCUT2D eigenvalue weighted by molar-refractivity contribution is 5.97. The third kappa shape index (κ3) is 4.25. The van der Waals surface area contributed by atoms with Gasteiger partial charge >= 0.3 is 0 Å². The van der Waals surface area contributed by atoms with Gasteiger partial charge in [-0.15, -0.1) is 0 Å². The minimum absolute atomic E-state index is 0.0721. The Balaban J connectivity index is 1.86. The van der Waals surface area contributed by atoms with Crippen molar-refractivity contribution in [3.05, 3.63) is 51.4 Å². The maximum Gasteiger partial charge on any atom is 0.267 e. The summed E-state index contributed by atoms with van der Waals surface area (Å²) < 4.78 is 8.61. The van der Waals surface area contributed by atoms with Crippen molar-refractivity contribution in [3.63, 3.8) is 0 Å². The molecule has 0 atom stereocenters. The van der Waals surface area contributed by atoms with Gasteiger partial charge in [-0.3, -0.25) is 19.4 Å². The van der Waals surface area contributed by atoms with Gasteiger partial charge in [0.2, 0.25) is 0 Å². The number of nitrogens with one attached hydrogen (secondary N) is 2. The molecule has 3 aromatic heterocycles. The van der Waals surface area contributed by atoms with Crippen LogP contribution in [0.3, 0.4) is 0 Å². The highest BCUT2D eigenvalue weighted by Gasteiger charge is 2.21. The summed E-state index contributed by atoms with van der Waals surface area (Å²) in [5.74, 6) is -0.300. The standard InChI is InChI=1S/C23H29N5O3/c1-3-31-12-6-11-27-20(24)17(22(29)25-16-7-4-5-8-16)13-18-21(27)26-19-10-9-15(2)14-28(19)23(18)30/h9-10,13-14,16,24H,3-8,11-12H2,1-2H3,(H,25,29). The summed E-state index contributed by atoms with van der Waals surface area (Å²) in [7, 11) is 0. The topological polar surface area (TPSA) is 101 Å². The van der Waals surface area contributed by atoms with E-state index in [1.807, 2.05) is 19.9 Å². The van der Waals surface area contributed by atoms with Crippen LogP contribution in [0, 0.1) is 12.3 Å². The van der Waals surface area contributed by atoms with Crippen molar-refractivity contribution in [2.75, 3.05) is 13.2 Å². The Morgan fingerprint density at radius 2 is 2.10 bits per heavy atom. The summed E-state index contributed by atoms with van der Waals surface area (Å²) in [6.07, 6.45) is 6.51. The van der Waals surface area contributed by atoms with Gasteiger partial charge in [-0.2, -0.15) is 0 Å². The Hall–Kier alpha value is -3.00. The van der Waals surface area contributed by atoms with Gasteiger partial charge in [0, 0.05) is 32.0 Å². The number of aryl methyl sites for hydroxylation is 2. The van der Waals surface area contributed by atoms with Gasteiger partial charge in [0.25, 0.3) is 11.5 Å². The van der Waals surface area contributed by atoms with Gasteiger partial charge in [0.15, 0.2) is 0 Å². The predicted octanol–water partition coefficient (Wildman–Crippen LogP) is 2.54. The zero-order valence-electron chi connectivity index (χ0n) is 18.1. The molecule has 0 saturated heterocycles. The molecule has 0 aliphatic heterocycles. The predicted molar refractivity (Wildman–Crippen MR) is 118 cm³/mol. The second-order valence-corrected chi connectivity index (χ2v) is 8.15. The summed E-state index contributed by atoms with van der Waals surface area (Å²) in [5, 5.41) is 12.1. The molecule has 4 rings (SSSR count). The number of carbonyl (C=O) groups excluding carboxylic acids is 1. The normalized spacial score (nSPS) is 14.5. The number of hydrogen-bond donors (Lipinski definition) is 2. The van der Waals surface area contributed by atoms with E-state index < -0.39 is 0 Å². The molecule has 1 aliphatic rings. The van der Waals surface area contributed by atoms with Crippen LogP contribution in [0.1, 0.15) is 54.9 Å². The number of aromatic nitrogens is 3. The monoisotopic (exact) mass is 423 g/mol. The molecule has 0 bridgehead atoms. The first kappa shape index (κ1) is 21.2. The molecule has 1 amide bonds. The molecule has 0 unspecified atom stereocenters. The van der Waals surface area contributed by atoms with Gasteiger partial charge in [-0.05, 0) is 50.8 Å². The third-order valence-corrected chi connectivity index (χ3v) is 5.86. The molecule has 2 N–H and O–H groups in total. The van der Waals surface area contributed by atoms with Crippen LogP contribution in [-0.4, -0.2) is 39.1 Å². The number of carbonyl (C=O) groups is 1. The van der Waals surface area contributed by atoms with Crippen LogP contribution in [0.4, 0.5) is 0 Å². The molecule has 31 heavy (non-hydrogen) atoms. The fourth-order valence-corrected chi connectivity index (χ4v) is 4.24. The average Bonchev–Trinajstić information content (AvgIpc) is 3.26. The number of pyridine rings is 2. The van der Waals surface area contributed by atoms with E-state index in [1.165, 1.54) is 10.5 Å². The largest absolute Gasteiger partial charge is 0.382 e. The van der Waals surface area contributed by atoms with E-state index in [4.69, 9.17) is 10.1 Å². The molecule has 3 aromatic rings. The zero-order valence-corrected chi connectivity index (χ0v) is 18.1. The molecule has 1 saturated carbocycles. The number of rotatable bonds is 7. The van der Waals surface area contributed by atoms with Gasteiger partial charge < -0.3 is 14.6 Å². The van der Waals surface area contributed by atoms with Crippen molar-refractivity contribution >= 4 is 22.6 Å². The Morgan fingerprint density at radius 1 is 1.32 bits per heavy atom. The van der Waals surface area contributed by atoms with Crippen molar-refractivity contribution in [2.45, 2.75) is 58.5 Å². The molecule has 0 radical (unpaired) electrons. The first-order valence-corrected chi connectivity index (χ1v) is 11.0. The molecular weight excluding hydrogens is 394 g/mol. The van der Waals surface area contributed by atoms with Crippen LogP contribution in [-0.2, 0) is 11.3 Å². The lowest BCUT2D eigenvalue weighted by molar-refractivity contribution is 0.0935. The highest BCUT2D eigenvalue weighted by atomic mass is 16.5. The van der Waals surface area contributed by atoms with E-state index in [0.717, 1.165) is 31.2 Å². The van der Waals surface area contributed by atoms with Gasteiger partial charge in [0.1, 0.15) is 16.8 Å². The van der Waals surface area contributed by atoms with Crippen LogP contribution >= 0.6 is 0 Å². The SMILES string of the molecule is CCOCCCn1c(=N)c(C(=O)NC2CCCC2)cc2c(=O)n3cc(C)ccc3nc21. The number of nitrogens with zero attached hydrogens (tertiary/aromatic N) is 3. The van der Waals surface area contributed by atoms with Gasteiger partial charge in [-0.1, -0.05) is 18.9 Å². The number of ether oxygens (including phenoxy) is 1. The minimum atomic E-state index is -0.300. The fraction of sp³-hybridized carbons (Fsp3) is 0.478. The second-order valence-electron chi connectivity index (χ2n) is 8.15. The molecule has 1 aliphatic carbocycles. The molecule has 3 heterocycles. The number of hydrogen-bond acceptors (Lipinski definition) is 5. The average molecular weight is 424 g/mol. The summed E-state index contributed by atoms with van der Waals surface area (Å²) in [5.41, 5.74) is 1.93. The lowest BCUT2D eigenvalue weighted by Gasteiger charge is -2.16. The number of amides is 1. The minimum Gasteiger partial charge on any atom is -0.382 e. The van der Waals surface area contributed by atoms with Crippen molar-refractivity contribution in [1.82, 2.24) is 19.3 Å². The molecule has 8 nitrogen and oxygen atoms in total. The summed E-state index contributed by atoms with van der Waals surface area (Å²) in [6.45, 7) is 5.44. The number of fused-ring (bicyclic) bond motifs is 2. The maximum absolute atomic E-state index is 13.3. The quantitative estimate of drug-likeness (QED) is 0.450. The first-order valence-electron chi connectivity index (χ1n) is 11.0. The van der Waals surface area contributed by atoms with Gasteiger partial charge in [0.05, 0.1) is 10.9 Å². The van der Waals surface area contributed by atoms with Crippen molar-refractivity contribution in [2.24, 2.45) is 0 Å². The highest BCUT2D eigenvalue weighted by Crippen LogP contribution is 2.18. The Morgan fingerprint density at radius 3 is 2.84 bits per heavy atom. The van der Waals surface area contributed by atoms with E-state index in [-0.39, 0.29) is 28.6 Å². The second kappa shape index (κ2) is 9.01. The van der Waals surface area contributed by atoms with E-state index in [1.54, 1.807) is 16.8 Å². The van der Waals surface area contributed by atoms with Gasteiger partial charge in [-0.25, -0.2) is 4.98 Å². The van der Waals surface area contributed by atoms with E-state index >= 15 is 0 Å². The van der Waals surface area contributed by atoms with E-state index in [9.17, 15) is 9.59 Å². The van der Waals surface area contributed by atoms with Crippen LogP contribution in [0.2, 0.25) is 0 Å². The first-order chi connectivity index (χ1) is 15.0. The molecule has 8 heteroatoms. The maximum atomic E-state index is 13.3. The summed E-state index contributed by atoms with van der Waals surface area (Å²) in [4.78, 5) is 31.0. The van der Waals surface area contributed by atoms with Crippen LogP contribution in [0.15, 0.2) is 29.2 Å². The molecule has 1 fully saturated rings. The molecule has 164 valence electrons. The Labute approximate surface area is 180 Å². The lowest BCUT2D eigenvalue weighted by atomic mass is 10.1. The van der Waals surface area contributed by atoms with E-state index in [2.05, 4.69) is 10.3 Å². The summed E-state index contributed by atoms with van der Waals surface area (Å²) >= 11 is 0. The zero-order chi connectivity index (χ0) is 22.0. The molecule has 0 aromatic carbocycles. The summed E-state index contributed by atoms with van der Waals surface area (Å²) in [6, 6.07) is 5.36. The van der Waals surface area contributed by atoms with Crippen molar-refractivity contribution in [3.8, 4) is 0 Å². The Bertz CT molecular complexity index is 1240. The smallest absolute Gasteiger partial charge is 0.267 e. The molecular formula is C23H29N5O3. The van der Waals surface area contributed by atoms with Crippen LogP contribution in [0.25, 0.3) is 16.7 Å². The van der Waals surface area contributed by atoms with Crippen molar-refractivity contribution < 1.29 is 9.53 Å². The van der Waals surface area contributed by atoms with Crippen LogP contribution < -0.4 is 16.4 Å². The fourth-order valence-electron chi connectivity index (χ4n) is 4.24. The third-order valence-electron chi connectivity index (χ3n) is 5.86. The van der Waals surface area contributed by atoms with E-state index in [0.29, 0.717) is 42.9 Å². The van der Waals surface area contributed by atoms with Crippen LogP contribution in [0.5, 0.6) is 0 Å². The Kier molecular flexibility index (Phi) is 6.18. The molecule has 0 spiro atoms. The lowest BCUT2D eigenvalue weighted by Crippen LogP contribution is -2.38. The van der Waals surface area contributed by atoms with Crippen molar-refractivity contribution in [1.29, 1.82) is 5.41 Å².